The molecule has 3 aromatic rings. The van der Waals surface area contributed by atoms with Gasteiger partial charge in [-0.15, -0.1) is 10.2 Å². The van der Waals surface area contributed by atoms with E-state index in [-0.39, 0.29) is 40.5 Å². The average Bonchev–Trinajstić information content (AvgIpc) is 3.75. The van der Waals surface area contributed by atoms with E-state index in [0.29, 0.717) is 17.2 Å². The van der Waals surface area contributed by atoms with Crippen molar-refractivity contribution in [3.8, 4) is 0 Å². The van der Waals surface area contributed by atoms with Gasteiger partial charge in [0.15, 0.2) is 0 Å². The number of carbonyl (C=O) groups is 1. The molecule has 42 heavy (non-hydrogen) atoms. The summed E-state index contributed by atoms with van der Waals surface area (Å²) in [5.41, 5.74) is 1.56. The normalized spacial score (nSPS) is 28.5. The van der Waals surface area contributed by atoms with Gasteiger partial charge in [0, 0.05) is 37.4 Å². The van der Waals surface area contributed by atoms with Crippen molar-refractivity contribution in [1.82, 2.24) is 25.0 Å². The van der Waals surface area contributed by atoms with Crippen LogP contribution < -0.4 is 10.2 Å². The first-order chi connectivity index (χ1) is 20.0. The number of carbonyl (C=O) groups excluding carboxylic acids is 1. The Morgan fingerprint density at radius 1 is 1.14 bits per heavy atom. The van der Waals surface area contributed by atoms with E-state index in [9.17, 15) is 18.0 Å². The highest BCUT2D eigenvalue weighted by Gasteiger charge is 2.49. The number of aryl methyl sites for hydroxylation is 1. The Bertz CT molecular complexity index is 1540. The zero-order valence-corrected chi connectivity index (χ0v) is 24.3. The molecule has 1 saturated carbocycles. The number of likely N-dealkylation sites (tertiary alicyclic amines) is 1. The van der Waals surface area contributed by atoms with Gasteiger partial charge in [-0.05, 0) is 98.0 Å². The monoisotopic (exact) mass is 578 g/mol. The van der Waals surface area contributed by atoms with Crippen LogP contribution in [0.4, 0.5) is 18.9 Å². The number of amides is 1. The molecule has 1 N–H and O–H groups in total. The van der Waals surface area contributed by atoms with Crippen molar-refractivity contribution >= 4 is 11.6 Å². The van der Waals surface area contributed by atoms with E-state index in [4.69, 9.17) is 0 Å². The van der Waals surface area contributed by atoms with Crippen LogP contribution in [0.3, 0.4) is 0 Å². The summed E-state index contributed by atoms with van der Waals surface area (Å²) in [5.74, 6) is 0.992. The van der Waals surface area contributed by atoms with Gasteiger partial charge in [-0.2, -0.15) is 13.2 Å². The van der Waals surface area contributed by atoms with E-state index >= 15 is 0 Å². The smallest absolute Gasteiger partial charge is 0.320 e. The third-order valence-corrected chi connectivity index (χ3v) is 10.4. The van der Waals surface area contributed by atoms with Crippen LogP contribution in [0, 0.1) is 11.3 Å². The topological polar surface area (TPSA) is 66.3 Å². The highest BCUT2D eigenvalue weighted by Crippen LogP contribution is 2.52. The van der Waals surface area contributed by atoms with E-state index in [2.05, 4.69) is 27.3 Å². The lowest BCUT2D eigenvalue weighted by Crippen LogP contribution is -2.43. The number of hydrogen-bond donors (Lipinski definition) is 1. The summed E-state index contributed by atoms with van der Waals surface area (Å²) in [6, 6.07) is 10.5. The van der Waals surface area contributed by atoms with Gasteiger partial charge in [0.05, 0.1) is 17.5 Å². The van der Waals surface area contributed by atoms with Crippen LogP contribution in [0.2, 0.25) is 0 Å². The van der Waals surface area contributed by atoms with Gasteiger partial charge in [0.1, 0.15) is 12.2 Å². The van der Waals surface area contributed by atoms with E-state index in [1.54, 1.807) is 12.4 Å². The first kappa shape index (κ1) is 27.6. The summed E-state index contributed by atoms with van der Waals surface area (Å²) in [7, 11) is 1.93. The van der Waals surface area contributed by atoms with Crippen LogP contribution in [0.1, 0.15) is 84.0 Å². The molecule has 4 heterocycles. The highest BCUT2D eigenvalue weighted by atomic mass is 19.4. The maximum Gasteiger partial charge on any atom is 0.416 e. The van der Waals surface area contributed by atoms with Crippen molar-refractivity contribution < 1.29 is 18.0 Å². The van der Waals surface area contributed by atoms with Crippen LogP contribution >= 0.6 is 0 Å². The number of nitrogens with zero attached hydrogens (tertiary/aromatic N) is 5. The van der Waals surface area contributed by atoms with Gasteiger partial charge < -0.3 is 14.8 Å². The SMILES string of the molecule is CC1CC(c2cccc(N3Cc4c(cc([C@@H](C)N5CC[C@]6(CCNC6)C5)cc4C(F)(F)F)C3=O)c2)(c2nncn2C)C1. The predicted molar refractivity (Wildman–Crippen MR) is 153 cm³/mol. The molecule has 2 saturated heterocycles. The Balaban J connectivity index is 1.22. The molecule has 2 atom stereocenters. The summed E-state index contributed by atoms with van der Waals surface area (Å²) >= 11 is 0. The molecule has 10 heteroatoms. The second-order valence-electron chi connectivity index (χ2n) is 13.2. The minimum absolute atomic E-state index is 0.0621. The van der Waals surface area contributed by atoms with Gasteiger partial charge in [-0.1, -0.05) is 19.1 Å². The number of rotatable bonds is 5. The molecule has 222 valence electrons. The second kappa shape index (κ2) is 9.64. The first-order valence-electron chi connectivity index (χ1n) is 15.0. The van der Waals surface area contributed by atoms with Gasteiger partial charge in [-0.3, -0.25) is 9.69 Å². The number of hydrogen-bond acceptors (Lipinski definition) is 5. The Morgan fingerprint density at radius 3 is 2.62 bits per heavy atom. The molecule has 1 aliphatic carbocycles. The predicted octanol–water partition coefficient (Wildman–Crippen LogP) is 5.46. The molecular formula is C32H37F3N6O. The fourth-order valence-corrected chi connectivity index (χ4v) is 8.15. The van der Waals surface area contributed by atoms with Crippen LogP contribution in [-0.4, -0.2) is 51.8 Å². The fraction of sp³-hybridized carbons (Fsp3) is 0.531. The first-order valence-corrected chi connectivity index (χ1v) is 15.0. The molecule has 1 spiro atoms. The number of benzene rings is 2. The minimum atomic E-state index is -4.56. The fourth-order valence-electron chi connectivity index (χ4n) is 8.15. The number of nitrogens with one attached hydrogen (secondary N) is 1. The highest BCUT2D eigenvalue weighted by molar-refractivity contribution is 6.10. The third kappa shape index (κ3) is 4.28. The van der Waals surface area contributed by atoms with Gasteiger partial charge in [-0.25, -0.2) is 0 Å². The molecule has 3 fully saturated rings. The Hall–Kier alpha value is -3.24. The summed E-state index contributed by atoms with van der Waals surface area (Å²) in [4.78, 5) is 17.6. The van der Waals surface area contributed by atoms with Crippen LogP contribution in [-0.2, 0) is 25.2 Å². The standard InChI is InChI=1S/C32H37F3N6O/c1-20-14-31(15-20,29-38-37-19-39(29)3)23-5-4-6-24(13-23)41-16-26-25(28(41)42)11-22(12-27(26)32(33,34)35)21(2)40-10-8-30(18-40)7-9-36-17-30/h4-6,11-13,19-21,36H,7-10,14-18H2,1-3H3/t20?,21-,30+,31?/m1/s1. The van der Waals surface area contributed by atoms with Gasteiger partial charge >= 0.3 is 6.18 Å². The quantitative estimate of drug-likeness (QED) is 0.436. The minimum Gasteiger partial charge on any atom is -0.320 e. The molecule has 0 unspecified atom stereocenters. The molecule has 2 aromatic carbocycles. The molecule has 7 rings (SSSR count). The summed E-state index contributed by atoms with van der Waals surface area (Å²) in [6.07, 6.45) is 1.05. The second-order valence-corrected chi connectivity index (χ2v) is 13.2. The van der Waals surface area contributed by atoms with E-state index in [0.717, 1.165) is 63.3 Å². The van der Waals surface area contributed by atoms with E-state index in [1.165, 1.54) is 11.0 Å². The number of anilines is 1. The summed E-state index contributed by atoms with van der Waals surface area (Å²) in [6.45, 7) is 7.71. The maximum absolute atomic E-state index is 14.5. The molecule has 7 nitrogen and oxygen atoms in total. The van der Waals surface area contributed by atoms with Crippen molar-refractivity contribution in [3.63, 3.8) is 0 Å². The van der Waals surface area contributed by atoms with Crippen molar-refractivity contribution in [1.29, 1.82) is 0 Å². The van der Waals surface area contributed by atoms with Crippen LogP contribution in [0.25, 0.3) is 0 Å². The lowest BCUT2D eigenvalue weighted by Gasteiger charge is -2.46. The molecule has 1 amide bonds. The van der Waals surface area contributed by atoms with E-state index in [1.807, 2.05) is 42.8 Å². The number of fused-ring (bicyclic) bond motifs is 1. The number of halogens is 3. The summed E-state index contributed by atoms with van der Waals surface area (Å²) in [5, 5.41) is 12.0. The molecule has 0 radical (unpaired) electrons. The Kier molecular flexibility index (Phi) is 6.33. The van der Waals surface area contributed by atoms with Gasteiger partial charge in [0.2, 0.25) is 0 Å². The van der Waals surface area contributed by atoms with Crippen molar-refractivity contribution in [2.75, 3.05) is 31.1 Å². The lowest BCUT2D eigenvalue weighted by atomic mass is 9.58. The number of aromatic nitrogens is 3. The van der Waals surface area contributed by atoms with Crippen LogP contribution in [0.15, 0.2) is 42.7 Å². The van der Waals surface area contributed by atoms with Crippen molar-refractivity contribution in [2.45, 2.75) is 63.7 Å². The Labute approximate surface area is 244 Å². The van der Waals surface area contributed by atoms with E-state index < -0.39 is 11.7 Å². The van der Waals surface area contributed by atoms with Crippen molar-refractivity contribution in [2.24, 2.45) is 18.4 Å². The van der Waals surface area contributed by atoms with Crippen molar-refractivity contribution in [3.05, 3.63) is 76.4 Å². The largest absolute Gasteiger partial charge is 0.416 e. The Morgan fingerprint density at radius 2 is 1.95 bits per heavy atom. The maximum atomic E-state index is 14.5. The average molecular weight is 579 g/mol. The number of alkyl halides is 3. The lowest BCUT2D eigenvalue weighted by molar-refractivity contribution is -0.138. The molecule has 1 aromatic heterocycles. The zero-order chi connectivity index (χ0) is 29.4. The summed E-state index contributed by atoms with van der Waals surface area (Å²) < 4.78 is 45.4. The molecule has 3 aliphatic heterocycles. The zero-order valence-electron chi connectivity index (χ0n) is 24.3. The molecule has 0 bridgehead atoms. The van der Waals surface area contributed by atoms with Crippen LogP contribution in [0.5, 0.6) is 0 Å². The molecular weight excluding hydrogens is 541 g/mol. The molecule has 4 aliphatic rings. The third-order valence-electron chi connectivity index (χ3n) is 10.4. The van der Waals surface area contributed by atoms with Gasteiger partial charge in [0.25, 0.3) is 5.91 Å².